The van der Waals surface area contributed by atoms with Gasteiger partial charge in [0.1, 0.15) is 0 Å². The van der Waals surface area contributed by atoms with Crippen molar-refractivity contribution in [2.75, 3.05) is 31.5 Å². The van der Waals surface area contributed by atoms with E-state index in [0.717, 1.165) is 42.6 Å². The SMILES string of the molecule is Cc1cccc(C)c1NCC(=O)N1CCCCC1CNC(=O)CCN. The molecule has 25 heavy (non-hydrogen) atoms. The number of rotatable bonds is 7. The van der Waals surface area contributed by atoms with E-state index >= 15 is 0 Å². The van der Waals surface area contributed by atoms with Crippen molar-refractivity contribution in [2.45, 2.75) is 45.6 Å². The molecule has 0 bridgehead atoms. The molecule has 1 aromatic carbocycles. The number of nitrogens with two attached hydrogens (primary N) is 1. The summed E-state index contributed by atoms with van der Waals surface area (Å²) in [7, 11) is 0. The highest BCUT2D eigenvalue weighted by Crippen LogP contribution is 2.20. The Morgan fingerprint density at radius 1 is 1.24 bits per heavy atom. The highest BCUT2D eigenvalue weighted by Gasteiger charge is 2.26. The minimum absolute atomic E-state index is 0.0471. The molecule has 0 aliphatic carbocycles. The Bertz CT molecular complexity index is 583. The summed E-state index contributed by atoms with van der Waals surface area (Å²) >= 11 is 0. The molecule has 0 aromatic heterocycles. The Morgan fingerprint density at radius 2 is 1.96 bits per heavy atom. The van der Waals surface area contributed by atoms with Crippen LogP contribution >= 0.6 is 0 Å². The largest absolute Gasteiger partial charge is 0.376 e. The smallest absolute Gasteiger partial charge is 0.242 e. The lowest BCUT2D eigenvalue weighted by atomic mass is 10.0. The summed E-state index contributed by atoms with van der Waals surface area (Å²) in [6.45, 7) is 5.96. The number of nitrogens with one attached hydrogen (secondary N) is 2. The second-order valence-corrected chi connectivity index (χ2v) is 6.70. The minimum atomic E-state index is -0.0471. The van der Waals surface area contributed by atoms with Gasteiger partial charge in [0.15, 0.2) is 0 Å². The number of para-hydroxylation sites is 1. The molecule has 1 aliphatic heterocycles. The topological polar surface area (TPSA) is 87.5 Å². The third-order valence-corrected chi connectivity index (χ3v) is 4.75. The van der Waals surface area contributed by atoms with Crippen molar-refractivity contribution in [2.24, 2.45) is 5.73 Å². The zero-order valence-electron chi connectivity index (χ0n) is 15.3. The number of piperidine rings is 1. The quantitative estimate of drug-likeness (QED) is 0.699. The highest BCUT2D eigenvalue weighted by molar-refractivity contribution is 5.82. The molecule has 0 spiro atoms. The molecular weight excluding hydrogens is 316 g/mol. The van der Waals surface area contributed by atoms with Crippen LogP contribution in [0.2, 0.25) is 0 Å². The molecule has 1 heterocycles. The van der Waals surface area contributed by atoms with Crippen molar-refractivity contribution in [1.29, 1.82) is 0 Å². The van der Waals surface area contributed by atoms with Gasteiger partial charge in [-0.1, -0.05) is 18.2 Å². The van der Waals surface area contributed by atoms with Gasteiger partial charge in [0.25, 0.3) is 0 Å². The molecule has 1 aromatic rings. The zero-order valence-corrected chi connectivity index (χ0v) is 15.3. The van der Waals surface area contributed by atoms with Crippen LogP contribution in [0, 0.1) is 13.8 Å². The van der Waals surface area contributed by atoms with E-state index in [9.17, 15) is 9.59 Å². The average Bonchev–Trinajstić information content (AvgIpc) is 2.60. The van der Waals surface area contributed by atoms with Crippen LogP contribution in [0.15, 0.2) is 18.2 Å². The Labute approximate surface area is 150 Å². The first-order valence-corrected chi connectivity index (χ1v) is 9.09. The van der Waals surface area contributed by atoms with Crippen LogP contribution in [0.25, 0.3) is 0 Å². The molecule has 2 amide bonds. The van der Waals surface area contributed by atoms with Crippen molar-refractivity contribution in [3.8, 4) is 0 Å². The fourth-order valence-electron chi connectivity index (χ4n) is 3.35. The van der Waals surface area contributed by atoms with Gasteiger partial charge < -0.3 is 21.3 Å². The lowest BCUT2D eigenvalue weighted by molar-refractivity contribution is -0.133. The van der Waals surface area contributed by atoms with Crippen molar-refractivity contribution in [1.82, 2.24) is 10.2 Å². The summed E-state index contributed by atoms with van der Waals surface area (Å²) < 4.78 is 0. The second kappa shape index (κ2) is 9.42. The molecule has 6 nitrogen and oxygen atoms in total. The highest BCUT2D eigenvalue weighted by atomic mass is 16.2. The summed E-state index contributed by atoms with van der Waals surface area (Å²) in [5.74, 6) is 0.0366. The summed E-state index contributed by atoms with van der Waals surface area (Å²) in [6, 6.07) is 6.16. The minimum Gasteiger partial charge on any atom is -0.376 e. The van der Waals surface area contributed by atoms with E-state index in [1.165, 1.54) is 0 Å². The number of likely N-dealkylation sites (tertiary alicyclic amines) is 1. The molecular formula is C19H30N4O2. The maximum absolute atomic E-state index is 12.7. The number of carbonyl (C=O) groups is 2. The van der Waals surface area contributed by atoms with E-state index in [0.29, 0.717) is 19.5 Å². The zero-order chi connectivity index (χ0) is 18.2. The van der Waals surface area contributed by atoms with Crippen LogP contribution in [-0.2, 0) is 9.59 Å². The van der Waals surface area contributed by atoms with Crippen LogP contribution in [0.5, 0.6) is 0 Å². The van der Waals surface area contributed by atoms with Crippen molar-refractivity contribution in [3.05, 3.63) is 29.3 Å². The van der Waals surface area contributed by atoms with Gasteiger partial charge in [-0.15, -0.1) is 0 Å². The van der Waals surface area contributed by atoms with Crippen LogP contribution in [-0.4, -0.2) is 48.9 Å². The van der Waals surface area contributed by atoms with E-state index in [4.69, 9.17) is 5.73 Å². The number of anilines is 1. The van der Waals surface area contributed by atoms with Crippen LogP contribution in [0.3, 0.4) is 0 Å². The molecule has 0 saturated carbocycles. The van der Waals surface area contributed by atoms with Gasteiger partial charge in [-0.2, -0.15) is 0 Å². The molecule has 4 N–H and O–H groups in total. The molecule has 0 radical (unpaired) electrons. The van der Waals surface area contributed by atoms with Gasteiger partial charge in [0.2, 0.25) is 11.8 Å². The van der Waals surface area contributed by atoms with Crippen LogP contribution in [0.4, 0.5) is 5.69 Å². The predicted molar refractivity (Wildman–Crippen MR) is 100 cm³/mol. The number of hydrogen-bond donors (Lipinski definition) is 3. The fraction of sp³-hybridized carbons (Fsp3) is 0.579. The Kier molecular flexibility index (Phi) is 7.25. The Balaban J connectivity index is 1.92. The van der Waals surface area contributed by atoms with Gasteiger partial charge in [-0.3, -0.25) is 9.59 Å². The first kappa shape index (κ1) is 19.2. The van der Waals surface area contributed by atoms with Crippen molar-refractivity contribution >= 4 is 17.5 Å². The van der Waals surface area contributed by atoms with Gasteiger partial charge >= 0.3 is 0 Å². The molecule has 1 fully saturated rings. The monoisotopic (exact) mass is 346 g/mol. The lowest BCUT2D eigenvalue weighted by Gasteiger charge is -2.36. The third-order valence-electron chi connectivity index (χ3n) is 4.75. The van der Waals surface area contributed by atoms with E-state index < -0.39 is 0 Å². The van der Waals surface area contributed by atoms with Gasteiger partial charge in [-0.05, 0) is 44.2 Å². The van der Waals surface area contributed by atoms with Crippen LogP contribution < -0.4 is 16.4 Å². The number of hydrogen-bond acceptors (Lipinski definition) is 4. The normalized spacial score (nSPS) is 17.2. The summed E-state index contributed by atoms with van der Waals surface area (Å²) in [5.41, 5.74) is 8.70. The number of benzene rings is 1. The molecule has 6 heteroatoms. The van der Waals surface area contributed by atoms with E-state index in [1.807, 2.05) is 36.9 Å². The van der Waals surface area contributed by atoms with Crippen molar-refractivity contribution in [3.63, 3.8) is 0 Å². The van der Waals surface area contributed by atoms with Crippen molar-refractivity contribution < 1.29 is 9.59 Å². The number of aryl methyl sites for hydroxylation is 2. The standard InChI is InChI=1S/C19H30N4O2/c1-14-6-5-7-15(2)19(14)22-13-18(25)23-11-4-3-8-16(23)12-21-17(24)9-10-20/h5-7,16,22H,3-4,8-13,20H2,1-2H3,(H,21,24). The second-order valence-electron chi connectivity index (χ2n) is 6.70. The Hall–Kier alpha value is -2.08. The number of amides is 2. The number of carbonyl (C=O) groups excluding carboxylic acids is 2. The third kappa shape index (κ3) is 5.46. The fourth-order valence-corrected chi connectivity index (χ4v) is 3.35. The Morgan fingerprint density at radius 3 is 2.64 bits per heavy atom. The molecule has 138 valence electrons. The maximum atomic E-state index is 12.7. The van der Waals surface area contributed by atoms with Crippen LogP contribution in [0.1, 0.15) is 36.8 Å². The summed E-state index contributed by atoms with van der Waals surface area (Å²) in [6.07, 6.45) is 3.36. The van der Waals surface area contributed by atoms with Gasteiger partial charge in [0, 0.05) is 37.8 Å². The lowest BCUT2D eigenvalue weighted by Crippen LogP contribution is -2.51. The van der Waals surface area contributed by atoms with Gasteiger partial charge in [0.05, 0.1) is 6.54 Å². The average molecular weight is 346 g/mol. The summed E-state index contributed by atoms with van der Waals surface area (Å²) in [5, 5.41) is 6.19. The first-order chi connectivity index (χ1) is 12.0. The molecule has 1 atom stereocenters. The summed E-state index contributed by atoms with van der Waals surface area (Å²) in [4.78, 5) is 26.3. The number of nitrogens with zero attached hydrogens (tertiary/aromatic N) is 1. The van der Waals surface area contributed by atoms with Gasteiger partial charge in [-0.25, -0.2) is 0 Å². The maximum Gasteiger partial charge on any atom is 0.242 e. The molecule has 2 rings (SSSR count). The first-order valence-electron chi connectivity index (χ1n) is 9.09. The van der Waals surface area contributed by atoms with E-state index in [-0.39, 0.29) is 24.4 Å². The van der Waals surface area contributed by atoms with E-state index in [1.54, 1.807) is 0 Å². The molecule has 1 unspecified atom stereocenters. The molecule has 1 aliphatic rings. The molecule has 1 saturated heterocycles. The predicted octanol–water partition coefficient (Wildman–Crippen LogP) is 1.56. The van der Waals surface area contributed by atoms with E-state index in [2.05, 4.69) is 10.6 Å².